The Hall–Kier alpha value is -1.70. The standard InChI is InChI=1S/C16H27N5O2S/c1-5-18-12(22)10-6-8-16(4,15(10,2)3)13(23)19-9-7-11-20-21-14(17)24-11/h10H,5-9H2,1-4H3,(H2,17,21)(H,18,22)(H,19,23)/t10-,16+/m0/s1. The number of nitrogens with zero attached hydrogens (tertiary/aromatic N) is 2. The van der Waals surface area contributed by atoms with Gasteiger partial charge in [0.1, 0.15) is 5.01 Å². The number of carbonyl (C=O) groups excluding carboxylic acids is 2. The van der Waals surface area contributed by atoms with Crippen molar-refractivity contribution >= 4 is 28.3 Å². The molecule has 0 aromatic carbocycles. The molecule has 1 saturated carbocycles. The van der Waals surface area contributed by atoms with E-state index in [0.717, 1.165) is 11.4 Å². The minimum atomic E-state index is -0.567. The third kappa shape index (κ3) is 3.38. The number of aromatic nitrogens is 2. The Morgan fingerprint density at radius 3 is 2.58 bits per heavy atom. The molecular formula is C16H27N5O2S. The average molecular weight is 353 g/mol. The van der Waals surface area contributed by atoms with Crippen molar-refractivity contribution in [2.75, 3.05) is 18.8 Å². The van der Waals surface area contributed by atoms with Gasteiger partial charge in [0.05, 0.1) is 5.41 Å². The van der Waals surface area contributed by atoms with Gasteiger partial charge in [0, 0.05) is 25.4 Å². The molecule has 0 saturated heterocycles. The van der Waals surface area contributed by atoms with E-state index in [2.05, 4.69) is 20.8 Å². The molecule has 24 heavy (non-hydrogen) atoms. The smallest absolute Gasteiger partial charge is 0.226 e. The Bertz CT molecular complexity index is 615. The highest BCUT2D eigenvalue weighted by atomic mass is 32.1. The number of anilines is 1. The molecular weight excluding hydrogens is 326 g/mol. The summed E-state index contributed by atoms with van der Waals surface area (Å²) in [5.41, 5.74) is 4.59. The maximum absolute atomic E-state index is 12.8. The van der Waals surface area contributed by atoms with E-state index < -0.39 is 10.8 Å². The number of nitrogens with two attached hydrogens (primary N) is 1. The molecule has 2 amide bonds. The first kappa shape index (κ1) is 18.6. The molecule has 1 fully saturated rings. The van der Waals surface area contributed by atoms with Gasteiger partial charge in [-0.05, 0) is 25.2 Å². The first-order valence-corrected chi connectivity index (χ1v) is 9.18. The molecule has 0 radical (unpaired) electrons. The van der Waals surface area contributed by atoms with Crippen LogP contribution in [-0.4, -0.2) is 35.1 Å². The van der Waals surface area contributed by atoms with Gasteiger partial charge in [0.15, 0.2) is 0 Å². The van der Waals surface area contributed by atoms with Gasteiger partial charge in [-0.25, -0.2) is 0 Å². The number of hydrogen-bond acceptors (Lipinski definition) is 6. The SMILES string of the molecule is CCNC(=O)[C@@H]1CC[C@](C)(C(=O)NCCc2nnc(N)s2)C1(C)C. The van der Waals surface area contributed by atoms with Crippen molar-refractivity contribution in [3.63, 3.8) is 0 Å². The van der Waals surface area contributed by atoms with Crippen LogP contribution in [0, 0.1) is 16.7 Å². The summed E-state index contributed by atoms with van der Waals surface area (Å²) >= 11 is 1.33. The van der Waals surface area contributed by atoms with Crippen LogP contribution in [0.3, 0.4) is 0 Å². The largest absolute Gasteiger partial charge is 0.374 e. The highest BCUT2D eigenvalue weighted by Crippen LogP contribution is 2.56. The number of hydrogen-bond donors (Lipinski definition) is 3. The van der Waals surface area contributed by atoms with E-state index in [0.29, 0.717) is 31.1 Å². The first-order valence-electron chi connectivity index (χ1n) is 8.36. The molecule has 0 spiro atoms. The molecule has 1 heterocycles. The number of nitrogen functional groups attached to an aromatic ring is 1. The van der Waals surface area contributed by atoms with Crippen molar-refractivity contribution < 1.29 is 9.59 Å². The normalized spacial score (nSPS) is 25.4. The van der Waals surface area contributed by atoms with Gasteiger partial charge in [-0.1, -0.05) is 32.1 Å². The number of carbonyl (C=O) groups is 2. The van der Waals surface area contributed by atoms with Gasteiger partial charge in [0.25, 0.3) is 0 Å². The fraction of sp³-hybridized carbons (Fsp3) is 0.750. The monoisotopic (exact) mass is 353 g/mol. The molecule has 0 unspecified atom stereocenters. The van der Waals surface area contributed by atoms with Crippen LogP contribution in [0.4, 0.5) is 5.13 Å². The quantitative estimate of drug-likeness (QED) is 0.715. The van der Waals surface area contributed by atoms with E-state index in [4.69, 9.17) is 5.73 Å². The van der Waals surface area contributed by atoms with Gasteiger partial charge in [-0.2, -0.15) is 0 Å². The van der Waals surface area contributed by atoms with E-state index in [1.165, 1.54) is 11.3 Å². The summed E-state index contributed by atoms with van der Waals surface area (Å²) in [4.78, 5) is 25.1. The highest BCUT2D eigenvalue weighted by Gasteiger charge is 2.57. The second kappa shape index (κ2) is 7.04. The summed E-state index contributed by atoms with van der Waals surface area (Å²) in [6.45, 7) is 9.01. The molecule has 8 heteroatoms. The van der Waals surface area contributed by atoms with Crippen molar-refractivity contribution in [1.82, 2.24) is 20.8 Å². The van der Waals surface area contributed by atoms with E-state index >= 15 is 0 Å². The second-order valence-corrected chi connectivity index (χ2v) is 8.17. The number of nitrogens with one attached hydrogen (secondary N) is 2. The van der Waals surface area contributed by atoms with Crippen LogP contribution in [0.5, 0.6) is 0 Å². The Balaban J connectivity index is 1.98. The Kier molecular flexibility index (Phi) is 5.47. The first-order chi connectivity index (χ1) is 11.2. The van der Waals surface area contributed by atoms with Crippen LogP contribution >= 0.6 is 11.3 Å². The van der Waals surface area contributed by atoms with Gasteiger partial charge < -0.3 is 16.4 Å². The second-order valence-electron chi connectivity index (χ2n) is 7.08. The maximum atomic E-state index is 12.8. The molecule has 1 aliphatic carbocycles. The zero-order valence-corrected chi connectivity index (χ0v) is 15.6. The third-order valence-corrected chi connectivity index (χ3v) is 6.31. The Morgan fingerprint density at radius 1 is 1.29 bits per heavy atom. The molecule has 0 bridgehead atoms. The van der Waals surface area contributed by atoms with Crippen LogP contribution < -0.4 is 16.4 Å². The molecule has 4 N–H and O–H groups in total. The lowest BCUT2D eigenvalue weighted by atomic mass is 9.65. The minimum Gasteiger partial charge on any atom is -0.374 e. The topological polar surface area (TPSA) is 110 Å². The van der Waals surface area contributed by atoms with Crippen LogP contribution in [0.25, 0.3) is 0 Å². The third-order valence-electron chi connectivity index (χ3n) is 5.50. The summed E-state index contributed by atoms with van der Waals surface area (Å²) in [5, 5.41) is 14.8. The molecule has 134 valence electrons. The minimum absolute atomic E-state index is 0.00298. The summed E-state index contributed by atoms with van der Waals surface area (Å²) in [7, 11) is 0. The number of amides is 2. The van der Waals surface area contributed by atoms with Gasteiger partial charge in [-0.15, -0.1) is 10.2 Å². The molecule has 2 rings (SSSR count). The fourth-order valence-corrected chi connectivity index (χ4v) is 4.12. The molecule has 0 aliphatic heterocycles. The predicted octanol–water partition coefficient (Wildman–Crippen LogP) is 1.36. The number of rotatable bonds is 6. The van der Waals surface area contributed by atoms with Gasteiger partial charge in [-0.3, -0.25) is 9.59 Å². The zero-order valence-electron chi connectivity index (χ0n) is 14.8. The lowest BCUT2D eigenvalue weighted by Gasteiger charge is -2.39. The van der Waals surface area contributed by atoms with Crippen molar-refractivity contribution in [3.05, 3.63) is 5.01 Å². The molecule has 2 atom stereocenters. The van der Waals surface area contributed by atoms with E-state index in [-0.39, 0.29) is 17.7 Å². The summed E-state index contributed by atoms with van der Waals surface area (Å²) in [6.07, 6.45) is 2.05. The van der Waals surface area contributed by atoms with Crippen molar-refractivity contribution in [3.8, 4) is 0 Å². The van der Waals surface area contributed by atoms with E-state index in [1.54, 1.807) is 0 Å². The van der Waals surface area contributed by atoms with Crippen molar-refractivity contribution in [1.29, 1.82) is 0 Å². The van der Waals surface area contributed by atoms with Crippen molar-refractivity contribution in [2.45, 2.75) is 47.0 Å². The summed E-state index contributed by atoms with van der Waals surface area (Å²) in [6, 6.07) is 0. The lowest BCUT2D eigenvalue weighted by Crippen LogP contribution is -2.49. The van der Waals surface area contributed by atoms with Gasteiger partial charge in [0.2, 0.25) is 16.9 Å². The molecule has 1 aromatic heterocycles. The van der Waals surface area contributed by atoms with Crippen molar-refractivity contribution in [2.24, 2.45) is 16.7 Å². The van der Waals surface area contributed by atoms with Crippen LogP contribution in [0.2, 0.25) is 0 Å². The van der Waals surface area contributed by atoms with Crippen LogP contribution in [-0.2, 0) is 16.0 Å². The van der Waals surface area contributed by atoms with Gasteiger partial charge >= 0.3 is 0 Å². The zero-order chi connectivity index (χ0) is 18.0. The molecule has 1 aromatic rings. The lowest BCUT2D eigenvalue weighted by molar-refractivity contribution is -0.138. The maximum Gasteiger partial charge on any atom is 0.226 e. The summed E-state index contributed by atoms with van der Waals surface area (Å²) in [5.74, 6) is -0.101. The molecule has 7 nitrogen and oxygen atoms in total. The van der Waals surface area contributed by atoms with E-state index in [1.807, 2.05) is 27.7 Å². The predicted molar refractivity (Wildman–Crippen MR) is 94.3 cm³/mol. The van der Waals surface area contributed by atoms with Crippen LogP contribution in [0.1, 0.15) is 45.5 Å². The van der Waals surface area contributed by atoms with Crippen LogP contribution in [0.15, 0.2) is 0 Å². The highest BCUT2D eigenvalue weighted by molar-refractivity contribution is 7.15. The average Bonchev–Trinajstić information content (AvgIpc) is 3.02. The Labute approximate surface area is 146 Å². The summed E-state index contributed by atoms with van der Waals surface area (Å²) < 4.78 is 0. The molecule has 1 aliphatic rings. The Morgan fingerprint density at radius 2 is 2.00 bits per heavy atom. The van der Waals surface area contributed by atoms with E-state index in [9.17, 15) is 9.59 Å². The fourth-order valence-electron chi connectivity index (χ4n) is 3.51.